The molecule has 0 saturated carbocycles. The number of nitrogens with one attached hydrogen (secondary N) is 1. The van der Waals surface area contributed by atoms with Crippen molar-refractivity contribution in [3.8, 4) is 6.07 Å². The second kappa shape index (κ2) is 8.18. The summed E-state index contributed by atoms with van der Waals surface area (Å²) in [6.07, 6.45) is 1.97. The molecule has 0 aromatic heterocycles. The summed E-state index contributed by atoms with van der Waals surface area (Å²) in [5, 5.41) is 12.3. The average molecular weight is 262 g/mol. The van der Waals surface area contributed by atoms with E-state index in [1.807, 2.05) is 11.8 Å². The van der Waals surface area contributed by atoms with Gasteiger partial charge in [0.15, 0.2) is 0 Å². The number of hydrogen-bond acceptors (Lipinski definition) is 3. The first kappa shape index (κ1) is 15.1. The Labute approximate surface area is 115 Å². The molecule has 1 aromatic carbocycles. The Bertz CT molecular complexity index is 409. The number of aryl methyl sites for hydroxylation is 2. The molecule has 0 saturated heterocycles. The summed E-state index contributed by atoms with van der Waals surface area (Å²) < 4.78 is 0. The van der Waals surface area contributed by atoms with Crippen LogP contribution in [0, 0.1) is 25.2 Å². The topological polar surface area (TPSA) is 35.8 Å². The van der Waals surface area contributed by atoms with E-state index in [1.165, 1.54) is 16.0 Å². The Balaban J connectivity index is 2.36. The van der Waals surface area contributed by atoms with Crippen LogP contribution in [0.1, 0.15) is 30.9 Å². The third-order valence-corrected chi connectivity index (χ3v) is 3.98. The number of nitriles is 1. The van der Waals surface area contributed by atoms with Crippen LogP contribution < -0.4 is 5.32 Å². The highest BCUT2D eigenvalue weighted by atomic mass is 32.2. The Morgan fingerprint density at radius 2 is 2.11 bits per heavy atom. The number of nitrogens with zero attached hydrogens (tertiary/aromatic N) is 1. The zero-order valence-electron chi connectivity index (χ0n) is 11.5. The van der Waals surface area contributed by atoms with Crippen molar-refractivity contribution in [2.75, 3.05) is 12.3 Å². The summed E-state index contributed by atoms with van der Waals surface area (Å²) in [4.78, 5) is 1.30. The maximum absolute atomic E-state index is 9.01. The molecular weight excluding hydrogens is 240 g/mol. The standard InChI is InChI=1S/C15H22N2S/c1-4-8-17-14(11-16)7-9-18-15-6-5-12(2)13(3)10-15/h5-6,10,14,17H,4,7-9H2,1-3H3. The van der Waals surface area contributed by atoms with Crippen LogP contribution in [-0.2, 0) is 0 Å². The van der Waals surface area contributed by atoms with Crippen LogP contribution in [0.4, 0.5) is 0 Å². The predicted molar refractivity (Wildman–Crippen MR) is 79.0 cm³/mol. The van der Waals surface area contributed by atoms with Gasteiger partial charge in [0, 0.05) is 10.6 Å². The van der Waals surface area contributed by atoms with Crippen molar-refractivity contribution in [1.82, 2.24) is 5.32 Å². The van der Waals surface area contributed by atoms with E-state index in [4.69, 9.17) is 5.26 Å². The second-order valence-corrected chi connectivity index (χ2v) is 5.69. The van der Waals surface area contributed by atoms with Crippen LogP contribution in [0.5, 0.6) is 0 Å². The molecule has 0 radical (unpaired) electrons. The largest absolute Gasteiger partial charge is 0.302 e. The van der Waals surface area contributed by atoms with E-state index in [9.17, 15) is 0 Å². The minimum absolute atomic E-state index is 0.0102. The number of benzene rings is 1. The van der Waals surface area contributed by atoms with Crippen molar-refractivity contribution in [3.05, 3.63) is 29.3 Å². The molecule has 0 heterocycles. The molecule has 1 aromatic rings. The van der Waals surface area contributed by atoms with Gasteiger partial charge in [-0.05, 0) is 56.5 Å². The van der Waals surface area contributed by atoms with Gasteiger partial charge in [-0.2, -0.15) is 5.26 Å². The zero-order valence-corrected chi connectivity index (χ0v) is 12.3. The molecule has 1 atom stereocenters. The number of rotatable bonds is 7. The molecule has 2 nitrogen and oxygen atoms in total. The van der Waals surface area contributed by atoms with Gasteiger partial charge in [0.25, 0.3) is 0 Å². The van der Waals surface area contributed by atoms with E-state index >= 15 is 0 Å². The third-order valence-electron chi connectivity index (χ3n) is 2.95. The van der Waals surface area contributed by atoms with E-state index in [1.54, 1.807) is 0 Å². The Hall–Kier alpha value is -0.980. The van der Waals surface area contributed by atoms with E-state index in [-0.39, 0.29) is 6.04 Å². The van der Waals surface area contributed by atoms with Crippen LogP contribution in [0.3, 0.4) is 0 Å². The molecule has 1 unspecified atom stereocenters. The maximum atomic E-state index is 9.01. The van der Waals surface area contributed by atoms with Crippen LogP contribution in [0.15, 0.2) is 23.1 Å². The molecule has 1 N–H and O–H groups in total. The van der Waals surface area contributed by atoms with Gasteiger partial charge in [-0.25, -0.2) is 0 Å². The van der Waals surface area contributed by atoms with Crippen LogP contribution in [0.25, 0.3) is 0 Å². The van der Waals surface area contributed by atoms with E-state index in [2.05, 4.69) is 50.4 Å². The minimum Gasteiger partial charge on any atom is -0.302 e. The van der Waals surface area contributed by atoms with Gasteiger partial charge in [-0.1, -0.05) is 13.0 Å². The van der Waals surface area contributed by atoms with Crippen molar-refractivity contribution in [1.29, 1.82) is 5.26 Å². The van der Waals surface area contributed by atoms with E-state index < -0.39 is 0 Å². The summed E-state index contributed by atoms with van der Waals surface area (Å²) >= 11 is 1.83. The Morgan fingerprint density at radius 3 is 2.72 bits per heavy atom. The van der Waals surface area contributed by atoms with Gasteiger partial charge in [0.2, 0.25) is 0 Å². The Kier molecular flexibility index (Phi) is 6.85. The van der Waals surface area contributed by atoms with Gasteiger partial charge < -0.3 is 5.32 Å². The van der Waals surface area contributed by atoms with Crippen molar-refractivity contribution in [3.63, 3.8) is 0 Å². The maximum Gasteiger partial charge on any atom is 0.0961 e. The lowest BCUT2D eigenvalue weighted by Crippen LogP contribution is -2.28. The zero-order chi connectivity index (χ0) is 13.4. The molecule has 98 valence electrons. The monoisotopic (exact) mass is 262 g/mol. The van der Waals surface area contributed by atoms with Crippen molar-refractivity contribution in [2.45, 2.75) is 44.6 Å². The summed E-state index contributed by atoms with van der Waals surface area (Å²) in [7, 11) is 0. The average Bonchev–Trinajstić information content (AvgIpc) is 2.37. The molecule has 1 rings (SSSR count). The lowest BCUT2D eigenvalue weighted by Gasteiger charge is -2.10. The van der Waals surface area contributed by atoms with Crippen LogP contribution in [0.2, 0.25) is 0 Å². The van der Waals surface area contributed by atoms with Crippen molar-refractivity contribution >= 4 is 11.8 Å². The molecule has 0 spiro atoms. The third kappa shape index (κ3) is 5.12. The fraction of sp³-hybridized carbons (Fsp3) is 0.533. The molecule has 0 aliphatic carbocycles. The summed E-state index contributed by atoms with van der Waals surface area (Å²) in [6.45, 7) is 7.31. The minimum atomic E-state index is -0.0102. The fourth-order valence-electron chi connectivity index (χ4n) is 1.63. The molecule has 0 bridgehead atoms. The second-order valence-electron chi connectivity index (χ2n) is 4.52. The fourth-order valence-corrected chi connectivity index (χ4v) is 2.64. The highest BCUT2D eigenvalue weighted by molar-refractivity contribution is 7.99. The summed E-state index contributed by atoms with van der Waals surface area (Å²) in [5.74, 6) is 0.984. The molecule has 0 aliphatic heterocycles. The van der Waals surface area contributed by atoms with E-state index in [0.29, 0.717) is 0 Å². The molecule has 18 heavy (non-hydrogen) atoms. The normalized spacial score (nSPS) is 12.1. The summed E-state index contributed by atoms with van der Waals surface area (Å²) in [5.41, 5.74) is 2.67. The van der Waals surface area contributed by atoms with Gasteiger partial charge in [0.05, 0.1) is 12.1 Å². The molecule has 0 amide bonds. The summed E-state index contributed by atoms with van der Waals surface area (Å²) in [6, 6.07) is 8.85. The number of thioether (sulfide) groups is 1. The first-order chi connectivity index (χ1) is 8.67. The Morgan fingerprint density at radius 1 is 1.33 bits per heavy atom. The first-order valence-corrected chi connectivity index (χ1v) is 7.49. The van der Waals surface area contributed by atoms with Gasteiger partial charge in [-0.15, -0.1) is 11.8 Å². The van der Waals surface area contributed by atoms with Crippen molar-refractivity contribution in [2.24, 2.45) is 0 Å². The molecule has 0 aliphatic rings. The highest BCUT2D eigenvalue weighted by Crippen LogP contribution is 2.22. The quantitative estimate of drug-likeness (QED) is 0.761. The van der Waals surface area contributed by atoms with E-state index in [0.717, 1.165) is 25.1 Å². The van der Waals surface area contributed by atoms with Crippen LogP contribution in [-0.4, -0.2) is 18.3 Å². The molecule has 0 fully saturated rings. The van der Waals surface area contributed by atoms with Crippen LogP contribution >= 0.6 is 11.8 Å². The molecule has 3 heteroatoms. The highest BCUT2D eigenvalue weighted by Gasteiger charge is 2.06. The first-order valence-electron chi connectivity index (χ1n) is 6.50. The van der Waals surface area contributed by atoms with Gasteiger partial charge >= 0.3 is 0 Å². The lowest BCUT2D eigenvalue weighted by molar-refractivity contribution is 0.585. The smallest absolute Gasteiger partial charge is 0.0961 e. The predicted octanol–water partition coefficient (Wildman–Crippen LogP) is 3.68. The molecular formula is C15H22N2S. The van der Waals surface area contributed by atoms with Gasteiger partial charge in [-0.3, -0.25) is 0 Å². The lowest BCUT2D eigenvalue weighted by atomic mass is 10.1. The SMILES string of the molecule is CCCNC(C#N)CCSc1ccc(C)c(C)c1. The number of hydrogen-bond donors (Lipinski definition) is 1. The van der Waals surface area contributed by atoms with Gasteiger partial charge in [0.1, 0.15) is 0 Å². The van der Waals surface area contributed by atoms with Crippen molar-refractivity contribution < 1.29 is 0 Å².